The molecular weight excluding hydrogens is 340 g/mol. The maximum absolute atomic E-state index is 12.7. The van der Waals surface area contributed by atoms with Gasteiger partial charge in [0.25, 0.3) is 0 Å². The fourth-order valence-electron chi connectivity index (χ4n) is 2.79. The maximum Gasteiger partial charge on any atom is 0.244 e. The van der Waals surface area contributed by atoms with Crippen molar-refractivity contribution < 1.29 is 8.42 Å². The summed E-state index contributed by atoms with van der Waals surface area (Å²) in [7, 11) is -3.45. The number of nitrogens with zero attached hydrogens (tertiary/aromatic N) is 1. The second-order valence-electron chi connectivity index (χ2n) is 5.49. The van der Waals surface area contributed by atoms with E-state index in [-0.39, 0.29) is 5.41 Å². The van der Waals surface area contributed by atoms with Gasteiger partial charge in [-0.2, -0.15) is 4.31 Å². The van der Waals surface area contributed by atoms with Crippen molar-refractivity contribution in [1.82, 2.24) is 4.31 Å². The zero-order valence-corrected chi connectivity index (χ0v) is 14.3. The highest BCUT2D eigenvalue weighted by molar-refractivity contribution is 9.10. The van der Waals surface area contributed by atoms with Crippen molar-refractivity contribution in [3.8, 4) is 0 Å². The van der Waals surface area contributed by atoms with Gasteiger partial charge in [0.15, 0.2) is 0 Å². The van der Waals surface area contributed by atoms with E-state index in [9.17, 15) is 8.42 Å². The monoisotopic (exact) mass is 360 g/mol. The van der Waals surface area contributed by atoms with Crippen LogP contribution < -0.4 is 5.73 Å². The lowest BCUT2D eigenvalue weighted by Crippen LogP contribution is -2.32. The molecule has 0 spiro atoms. The van der Waals surface area contributed by atoms with Crippen LogP contribution in [0.2, 0.25) is 0 Å². The number of halogens is 1. The summed E-state index contributed by atoms with van der Waals surface area (Å²) in [5.41, 5.74) is 6.35. The molecule has 0 amide bonds. The standard InChI is InChI=1S/C14H21BrN2O2S/c1-3-14(4-2)7-8-17(10-14)20(18,19)13-6-5-11(16)9-12(13)15/h5-6,9H,3-4,7-8,10,16H2,1-2H3. The van der Waals surface area contributed by atoms with Gasteiger partial charge in [0.2, 0.25) is 10.0 Å². The molecule has 0 radical (unpaired) electrons. The maximum atomic E-state index is 12.7. The van der Waals surface area contributed by atoms with E-state index in [1.165, 1.54) is 0 Å². The van der Waals surface area contributed by atoms with Crippen molar-refractivity contribution in [2.24, 2.45) is 5.41 Å². The topological polar surface area (TPSA) is 63.4 Å². The fourth-order valence-corrected chi connectivity index (χ4v) is 5.40. The Bertz CT molecular complexity index is 597. The molecule has 0 aromatic heterocycles. The molecule has 0 bridgehead atoms. The predicted molar refractivity (Wildman–Crippen MR) is 84.9 cm³/mol. The summed E-state index contributed by atoms with van der Waals surface area (Å²) in [6.45, 7) is 5.48. The number of rotatable bonds is 4. The first-order valence-electron chi connectivity index (χ1n) is 6.90. The first kappa shape index (κ1) is 15.8. The van der Waals surface area contributed by atoms with Crippen LogP contribution in [0, 0.1) is 5.41 Å². The van der Waals surface area contributed by atoms with Crippen molar-refractivity contribution in [2.75, 3.05) is 18.8 Å². The SMILES string of the molecule is CCC1(CC)CCN(S(=O)(=O)c2ccc(N)cc2Br)C1. The molecule has 1 saturated heterocycles. The number of benzene rings is 1. The smallest absolute Gasteiger partial charge is 0.244 e. The van der Waals surface area contributed by atoms with Gasteiger partial charge in [0.05, 0.1) is 4.90 Å². The second-order valence-corrected chi connectivity index (χ2v) is 8.25. The van der Waals surface area contributed by atoms with Gasteiger partial charge in [0.1, 0.15) is 0 Å². The third kappa shape index (κ3) is 2.73. The Labute approximate surface area is 129 Å². The molecular formula is C14H21BrN2O2S. The molecule has 2 rings (SSSR count). The van der Waals surface area contributed by atoms with E-state index in [0.29, 0.717) is 28.1 Å². The molecule has 1 aromatic carbocycles. The molecule has 4 nitrogen and oxygen atoms in total. The molecule has 1 heterocycles. The highest BCUT2D eigenvalue weighted by Crippen LogP contribution is 2.40. The van der Waals surface area contributed by atoms with Gasteiger partial charge in [-0.1, -0.05) is 13.8 Å². The Balaban J connectivity index is 2.33. The molecule has 2 N–H and O–H groups in total. The van der Waals surface area contributed by atoms with E-state index in [0.717, 1.165) is 19.3 Å². The quantitative estimate of drug-likeness (QED) is 0.838. The number of nitrogens with two attached hydrogens (primary N) is 1. The lowest BCUT2D eigenvalue weighted by Gasteiger charge is -2.26. The summed E-state index contributed by atoms with van der Waals surface area (Å²) in [4.78, 5) is 0.301. The Morgan fingerprint density at radius 3 is 2.50 bits per heavy atom. The van der Waals surface area contributed by atoms with Crippen LogP contribution in [0.1, 0.15) is 33.1 Å². The summed E-state index contributed by atoms with van der Waals surface area (Å²) in [5.74, 6) is 0. The molecule has 0 aliphatic carbocycles. The summed E-state index contributed by atoms with van der Waals surface area (Å²) in [6.07, 6.45) is 2.96. The largest absolute Gasteiger partial charge is 0.399 e. The van der Waals surface area contributed by atoms with E-state index in [1.807, 2.05) is 0 Å². The lowest BCUT2D eigenvalue weighted by atomic mass is 9.82. The highest BCUT2D eigenvalue weighted by Gasteiger charge is 2.41. The van der Waals surface area contributed by atoms with E-state index in [1.54, 1.807) is 22.5 Å². The van der Waals surface area contributed by atoms with Crippen LogP contribution in [-0.2, 0) is 10.0 Å². The van der Waals surface area contributed by atoms with Crippen molar-refractivity contribution in [3.05, 3.63) is 22.7 Å². The molecule has 1 aliphatic heterocycles. The van der Waals surface area contributed by atoms with Crippen molar-refractivity contribution in [1.29, 1.82) is 0 Å². The second kappa shape index (κ2) is 5.66. The minimum absolute atomic E-state index is 0.132. The summed E-state index contributed by atoms with van der Waals surface area (Å²) < 4.78 is 27.6. The summed E-state index contributed by atoms with van der Waals surface area (Å²) in [5, 5.41) is 0. The molecule has 1 aliphatic rings. The van der Waals surface area contributed by atoms with Crippen LogP contribution >= 0.6 is 15.9 Å². The van der Waals surface area contributed by atoms with Gasteiger partial charge in [-0.05, 0) is 58.8 Å². The minimum atomic E-state index is -3.45. The van der Waals surface area contributed by atoms with E-state index >= 15 is 0 Å². The van der Waals surface area contributed by atoms with Crippen LogP contribution in [-0.4, -0.2) is 25.8 Å². The first-order valence-corrected chi connectivity index (χ1v) is 9.13. The molecule has 1 aromatic rings. The Hall–Kier alpha value is -0.590. The number of nitrogen functional groups attached to an aromatic ring is 1. The Kier molecular flexibility index (Phi) is 4.47. The zero-order chi connectivity index (χ0) is 15.0. The van der Waals surface area contributed by atoms with Gasteiger partial charge in [-0.3, -0.25) is 0 Å². The molecule has 0 atom stereocenters. The van der Waals surface area contributed by atoms with Gasteiger partial charge < -0.3 is 5.73 Å². The zero-order valence-electron chi connectivity index (χ0n) is 11.9. The van der Waals surface area contributed by atoms with Gasteiger partial charge in [0, 0.05) is 23.2 Å². The van der Waals surface area contributed by atoms with E-state index < -0.39 is 10.0 Å². The molecule has 6 heteroatoms. The van der Waals surface area contributed by atoms with Gasteiger partial charge >= 0.3 is 0 Å². The van der Waals surface area contributed by atoms with Crippen molar-refractivity contribution in [3.63, 3.8) is 0 Å². The van der Waals surface area contributed by atoms with Crippen LogP contribution in [0.3, 0.4) is 0 Å². The number of anilines is 1. The Morgan fingerprint density at radius 2 is 2.00 bits per heavy atom. The third-order valence-corrected chi connectivity index (χ3v) is 7.30. The van der Waals surface area contributed by atoms with Crippen LogP contribution in [0.5, 0.6) is 0 Å². The molecule has 112 valence electrons. The Morgan fingerprint density at radius 1 is 1.35 bits per heavy atom. The number of sulfonamides is 1. The highest BCUT2D eigenvalue weighted by atomic mass is 79.9. The third-order valence-electron chi connectivity index (χ3n) is 4.48. The lowest BCUT2D eigenvalue weighted by molar-refractivity contribution is 0.279. The van der Waals surface area contributed by atoms with Crippen molar-refractivity contribution in [2.45, 2.75) is 38.0 Å². The van der Waals surface area contributed by atoms with Crippen LogP contribution in [0.15, 0.2) is 27.6 Å². The molecule has 1 fully saturated rings. The van der Waals surface area contributed by atoms with Crippen LogP contribution in [0.25, 0.3) is 0 Å². The van der Waals surface area contributed by atoms with Gasteiger partial charge in [-0.15, -0.1) is 0 Å². The van der Waals surface area contributed by atoms with Crippen molar-refractivity contribution >= 4 is 31.6 Å². The number of hydrogen-bond acceptors (Lipinski definition) is 3. The molecule has 0 unspecified atom stereocenters. The number of hydrogen-bond donors (Lipinski definition) is 1. The fraction of sp³-hybridized carbons (Fsp3) is 0.571. The summed E-state index contributed by atoms with van der Waals surface area (Å²) >= 11 is 3.31. The van der Waals surface area contributed by atoms with E-state index in [4.69, 9.17) is 5.73 Å². The predicted octanol–water partition coefficient (Wildman–Crippen LogP) is 3.23. The molecule has 0 saturated carbocycles. The average molecular weight is 361 g/mol. The minimum Gasteiger partial charge on any atom is -0.399 e. The van der Waals surface area contributed by atoms with E-state index in [2.05, 4.69) is 29.8 Å². The first-order chi connectivity index (χ1) is 9.34. The summed E-state index contributed by atoms with van der Waals surface area (Å²) in [6, 6.07) is 4.84. The normalized spacial score (nSPS) is 19.4. The van der Waals surface area contributed by atoms with Crippen LogP contribution in [0.4, 0.5) is 5.69 Å². The average Bonchev–Trinajstić information content (AvgIpc) is 2.84. The molecule has 20 heavy (non-hydrogen) atoms. The van der Waals surface area contributed by atoms with Gasteiger partial charge in [-0.25, -0.2) is 8.42 Å².